The van der Waals surface area contributed by atoms with Gasteiger partial charge < -0.3 is 4.74 Å². The summed E-state index contributed by atoms with van der Waals surface area (Å²) >= 11 is 3.45. The number of halogens is 1. The third kappa shape index (κ3) is 3.34. The van der Waals surface area contributed by atoms with E-state index in [0.29, 0.717) is 13.0 Å². The predicted octanol–water partition coefficient (Wildman–Crippen LogP) is 3.17. The lowest BCUT2D eigenvalue weighted by Gasteiger charge is -2.08. The van der Waals surface area contributed by atoms with E-state index in [0.717, 1.165) is 10.0 Å². The number of hydrogen-bond acceptors (Lipinski definition) is 2. The first-order chi connectivity index (χ1) is 7.04. The van der Waals surface area contributed by atoms with Gasteiger partial charge in [-0.05, 0) is 43.5 Å². The molecule has 3 heteroatoms. The van der Waals surface area contributed by atoms with Crippen molar-refractivity contribution in [3.05, 3.63) is 33.3 Å². The van der Waals surface area contributed by atoms with Gasteiger partial charge in [-0.2, -0.15) is 0 Å². The second kappa shape index (κ2) is 5.31. The van der Waals surface area contributed by atoms with Crippen LogP contribution < -0.4 is 0 Å². The van der Waals surface area contributed by atoms with Crippen molar-refractivity contribution >= 4 is 21.9 Å². The summed E-state index contributed by atoms with van der Waals surface area (Å²) in [7, 11) is 0. The molecule has 0 aliphatic rings. The number of aryl methyl sites for hydroxylation is 2. The van der Waals surface area contributed by atoms with E-state index in [4.69, 9.17) is 4.74 Å². The number of esters is 1. The Morgan fingerprint density at radius 1 is 1.33 bits per heavy atom. The van der Waals surface area contributed by atoms with Gasteiger partial charge in [0.15, 0.2) is 0 Å². The van der Waals surface area contributed by atoms with Crippen molar-refractivity contribution in [1.82, 2.24) is 0 Å². The van der Waals surface area contributed by atoms with Crippen molar-refractivity contribution in [3.8, 4) is 0 Å². The highest BCUT2D eigenvalue weighted by molar-refractivity contribution is 9.10. The fourth-order valence-corrected chi connectivity index (χ4v) is 1.94. The number of rotatable bonds is 3. The monoisotopic (exact) mass is 270 g/mol. The third-order valence-corrected chi connectivity index (χ3v) is 3.04. The number of ether oxygens (including phenoxy) is 1. The second-order valence-corrected chi connectivity index (χ2v) is 4.36. The number of benzene rings is 1. The molecule has 0 fully saturated rings. The van der Waals surface area contributed by atoms with E-state index in [1.165, 1.54) is 11.1 Å². The van der Waals surface area contributed by atoms with Crippen LogP contribution in [0.15, 0.2) is 16.6 Å². The molecule has 0 N–H and O–H groups in total. The van der Waals surface area contributed by atoms with Gasteiger partial charge in [-0.1, -0.05) is 22.0 Å². The maximum absolute atomic E-state index is 11.3. The highest BCUT2D eigenvalue weighted by Crippen LogP contribution is 2.22. The number of hydrogen-bond donors (Lipinski definition) is 0. The second-order valence-electron chi connectivity index (χ2n) is 3.51. The molecule has 1 aromatic carbocycles. The Morgan fingerprint density at radius 2 is 1.93 bits per heavy atom. The maximum atomic E-state index is 11.3. The van der Waals surface area contributed by atoms with Crippen LogP contribution in [0.3, 0.4) is 0 Å². The molecule has 2 nitrogen and oxygen atoms in total. The Kier molecular flexibility index (Phi) is 4.33. The van der Waals surface area contributed by atoms with Crippen LogP contribution in [0.2, 0.25) is 0 Å². The predicted molar refractivity (Wildman–Crippen MR) is 64.0 cm³/mol. The molecule has 0 unspecified atom stereocenters. The van der Waals surface area contributed by atoms with E-state index < -0.39 is 0 Å². The molecule has 0 amide bonds. The zero-order valence-corrected chi connectivity index (χ0v) is 10.8. The van der Waals surface area contributed by atoms with Gasteiger partial charge >= 0.3 is 5.97 Å². The van der Waals surface area contributed by atoms with Crippen LogP contribution in [0.4, 0.5) is 0 Å². The minimum Gasteiger partial charge on any atom is -0.466 e. The normalized spacial score (nSPS) is 10.1. The summed E-state index contributed by atoms with van der Waals surface area (Å²) < 4.78 is 5.88. The minimum atomic E-state index is -0.179. The van der Waals surface area contributed by atoms with E-state index >= 15 is 0 Å². The van der Waals surface area contributed by atoms with E-state index in [1.54, 1.807) is 0 Å². The number of carbonyl (C=O) groups excluding carboxylic acids is 1. The lowest BCUT2D eigenvalue weighted by Crippen LogP contribution is -2.08. The molecule has 15 heavy (non-hydrogen) atoms. The average Bonchev–Trinajstić information content (AvgIpc) is 2.14. The molecule has 0 atom stereocenters. The largest absolute Gasteiger partial charge is 0.466 e. The fourth-order valence-electron chi connectivity index (χ4n) is 1.34. The fraction of sp³-hybridized carbons (Fsp3) is 0.417. The molecule has 0 bridgehead atoms. The van der Waals surface area contributed by atoms with Gasteiger partial charge in [0.05, 0.1) is 13.0 Å². The van der Waals surface area contributed by atoms with Crippen molar-refractivity contribution in [2.45, 2.75) is 27.2 Å². The molecular weight excluding hydrogens is 256 g/mol. The molecule has 0 aliphatic heterocycles. The van der Waals surface area contributed by atoms with Gasteiger partial charge in [-0.15, -0.1) is 0 Å². The summed E-state index contributed by atoms with van der Waals surface area (Å²) in [5.74, 6) is -0.179. The van der Waals surface area contributed by atoms with Crippen molar-refractivity contribution in [2.75, 3.05) is 6.61 Å². The van der Waals surface area contributed by atoms with Crippen molar-refractivity contribution in [3.63, 3.8) is 0 Å². The third-order valence-electron chi connectivity index (χ3n) is 2.30. The highest BCUT2D eigenvalue weighted by Gasteiger charge is 2.08. The molecule has 1 rings (SSSR count). The van der Waals surface area contributed by atoms with Crippen LogP contribution in [-0.4, -0.2) is 12.6 Å². The van der Waals surface area contributed by atoms with E-state index in [9.17, 15) is 4.79 Å². The zero-order valence-electron chi connectivity index (χ0n) is 9.26. The van der Waals surface area contributed by atoms with Crippen LogP contribution in [0, 0.1) is 13.8 Å². The summed E-state index contributed by atoms with van der Waals surface area (Å²) in [6.07, 6.45) is 0.329. The van der Waals surface area contributed by atoms with Crippen LogP contribution >= 0.6 is 15.9 Å². The highest BCUT2D eigenvalue weighted by atomic mass is 79.9. The molecule has 0 saturated heterocycles. The summed E-state index contributed by atoms with van der Waals surface area (Å²) in [4.78, 5) is 11.3. The lowest BCUT2D eigenvalue weighted by atomic mass is 10.0. The Morgan fingerprint density at radius 3 is 2.53 bits per heavy atom. The first-order valence-corrected chi connectivity index (χ1v) is 5.75. The Bertz CT molecular complexity index is 372. The molecule has 0 saturated carbocycles. The summed E-state index contributed by atoms with van der Waals surface area (Å²) in [6.45, 7) is 6.33. The van der Waals surface area contributed by atoms with Crippen LogP contribution in [0.1, 0.15) is 23.6 Å². The van der Waals surface area contributed by atoms with Crippen LogP contribution in [-0.2, 0) is 16.0 Å². The molecule has 0 aliphatic carbocycles. The average molecular weight is 271 g/mol. The molecule has 0 radical (unpaired) electrons. The van der Waals surface area contributed by atoms with Gasteiger partial charge in [0, 0.05) is 4.47 Å². The van der Waals surface area contributed by atoms with E-state index in [1.807, 2.05) is 32.9 Å². The first kappa shape index (κ1) is 12.2. The standard InChI is InChI=1S/C12H15BrO2/c1-4-15-12(14)7-10-5-8(2)9(3)6-11(10)13/h5-6H,4,7H2,1-3H3. The van der Waals surface area contributed by atoms with Gasteiger partial charge in [0.25, 0.3) is 0 Å². The molecule has 82 valence electrons. The maximum Gasteiger partial charge on any atom is 0.310 e. The Hall–Kier alpha value is -0.830. The summed E-state index contributed by atoms with van der Waals surface area (Å²) in [5.41, 5.74) is 3.39. The molecule has 1 aromatic rings. The number of carbonyl (C=O) groups is 1. The van der Waals surface area contributed by atoms with Crippen molar-refractivity contribution < 1.29 is 9.53 Å². The van der Waals surface area contributed by atoms with E-state index in [-0.39, 0.29) is 5.97 Å². The molecular formula is C12H15BrO2. The van der Waals surface area contributed by atoms with Crippen molar-refractivity contribution in [2.24, 2.45) is 0 Å². The smallest absolute Gasteiger partial charge is 0.310 e. The lowest BCUT2D eigenvalue weighted by molar-refractivity contribution is -0.142. The molecule has 0 heterocycles. The Balaban J connectivity index is 2.86. The first-order valence-electron chi connectivity index (χ1n) is 4.95. The Labute approximate surface area is 98.8 Å². The SMILES string of the molecule is CCOC(=O)Cc1cc(C)c(C)cc1Br. The van der Waals surface area contributed by atoms with E-state index in [2.05, 4.69) is 15.9 Å². The molecule has 0 spiro atoms. The zero-order chi connectivity index (χ0) is 11.4. The van der Waals surface area contributed by atoms with Crippen molar-refractivity contribution in [1.29, 1.82) is 0 Å². The van der Waals surface area contributed by atoms with Gasteiger partial charge in [-0.25, -0.2) is 0 Å². The quantitative estimate of drug-likeness (QED) is 0.789. The molecule has 0 aromatic heterocycles. The van der Waals surface area contributed by atoms with Crippen LogP contribution in [0.5, 0.6) is 0 Å². The summed E-state index contributed by atoms with van der Waals surface area (Å²) in [6, 6.07) is 4.06. The van der Waals surface area contributed by atoms with Gasteiger partial charge in [0.1, 0.15) is 0 Å². The topological polar surface area (TPSA) is 26.3 Å². The summed E-state index contributed by atoms with van der Waals surface area (Å²) in [5, 5.41) is 0. The minimum absolute atomic E-state index is 0.179. The van der Waals surface area contributed by atoms with Crippen LogP contribution in [0.25, 0.3) is 0 Å². The van der Waals surface area contributed by atoms with Gasteiger partial charge in [0.2, 0.25) is 0 Å². The van der Waals surface area contributed by atoms with Gasteiger partial charge in [-0.3, -0.25) is 4.79 Å².